The van der Waals surface area contributed by atoms with E-state index in [9.17, 15) is 9.18 Å². The van der Waals surface area contributed by atoms with Crippen molar-refractivity contribution in [3.63, 3.8) is 0 Å². The monoisotopic (exact) mass is 265 g/mol. The number of rotatable bonds is 3. The topological polar surface area (TPSA) is 29.5 Å². The summed E-state index contributed by atoms with van der Waals surface area (Å²) in [5.74, 6) is -0.110. The average molecular weight is 265 g/mol. The number of hydrogen-bond acceptors (Lipinski definition) is 2. The Kier molecular flexibility index (Phi) is 4.77. The number of amides is 1. The number of ether oxygens (including phenoxy) is 1. The van der Waals surface area contributed by atoms with Crippen LogP contribution in [-0.2, 0) is 11.2 Å². The number of carbonyl (C=O) groups excluding carboxylic acids is 1. The van der Waals surface area contributed by atoms with E-state index >= 15 is 0 Å². The third-order valence-electron chi connectivity index (χ3n) is 3.53. The molecule has 0 aliphatic carbocycles. The predicted octanol–water partition coefficient (Wildman–Crippen LogP) is 2.78. The molecule has 3 nitrogen and oxygen atoms in total. The van der Waals surface area contributed by atoms with E-state index in [2.05, 4.69) is 0 Å². The molecular formula is C15H20FNO2. The molecule has 0 aromatic heterocycles. The zero-order valence-corrected chi connectivity index (χ0v) is 11.3. The van der Waals surface area contributed by atoms with Gasteiger partial charge < -0.3 is 9.64 Å². The molecule has 19 heavy (non-hydrogen) atoms. The van der Waals surface area contributed by atoms with Crippen LogP contribution in [0.5, 0.6) is 5.75 Å². The Labute approximate surface area is 113 Å². The summed E-state index contributed by atoms with van der Waals surface area (Å²) in [5, 5.41) is 0. The highest BCUT2D eigenvalue weighted by Crippen LogP contribution is 2.19. The van der Waals surface area contributed by atoms with Crippen molar-refractivity contribution in [2.75, 3.05) is 20.2 Å². The normalized spacial score (nSPS) is 16.0. The molecule has 0 radical (unpaired) electrons. The van der Waals surface area contributed by atoms with Crippen molar-refractivity contribution in [1.82, 2.24) is 4.90 Å². The maximum absolute atomic E-state index is 13.6. The van der Waals surface area contributed by atoms with Gasteiger partial charge in [-0.05, 0) is 30.5 Å². The minimum absolute atomic E-state index is 0.0893. The molecule has 1 aromatic rings. The Morgan fingerprint density at radius 3 is 2.53 bits per heavy atom. The lowest BCUT2D eigenvalue weighted by Crippen LogP contribution is -2.33. The third kappa shape index (κ3) is 3.69. The molecule has 0 saturated carbocycles. The fraction of sp³-hybridized carbons (Fsp3) is 0.533. The van der Waals surface area contributed by atoms with E-state index in [1.807, 2.05) is 4.90 Å². The lowest BCUT2D eigenvalue weighted by atomic mass is 10.1. The first-order valence-electron chi connectivity index (χ1n) is 6.81. The van der Waals surface area contributed by atoms with Crippen LogP contribution in [0.2, 0.25) is 0 Å². The standard InChI is InChI=1S/C15H20FNO2/c1-19-14-7-6-12(10-13(14)16)11-15(18)17-8-4-2-3-5-9-17/h6-7,10H,2-5,8-9,11H2,1H3. The molecule has 1 fully saturated rings. The molecule has 0 spiro atoms. The van der Waals surface area contributed by atoms with Crippen LogP contribution in [0.25, 0.3) is 0 Å². The zero-order valence-electron chi connectivity index (χ0n) is 11.3. The summed E-state index contributed by atoms with van der Waals surface area (Å²) in [6.45, 7) is 1.66. The van der Waals surface area contributed by atoms with Crippen molar-refractivity contribution in [1.29, 1.82) is 0 Å². The molecule has 0 N–H and O–H groups in total. The van der Waals surface area contributed by atoms with Crippen molar-refractivity contribution < 1.29 is 13.9 Å². The van der Waals surface area contributed by atoms with Gasteiger partial charge in [-0.1, -0.05) is 18.9 Å². The minimum atomic E-state index is -0.413. The second-order valence-corrected chi connectivity index (χ2v) is 4.94. The van der Waals surface area contributed by atoms with Crippen molar-refractivity contribution >= 4 is 5.91 Å². The van der Waals surface area contributed by atoms with Crippen LogP contribution in [0.15, 0.2) is 18.2 Å². The molecule has 1 aromatic carbocycles. The molecule has 1 aliphatic heterocycles. The summed E-state index contributed by atoms with van der Waals surface area (Å²) in [6, 6.07) is 4.70. The lowest BCUT2D eigenvalue weighted by molar-refractivity contribution is -0.130. The summed E-state index contributed by atoms with van der Waals surface area (Å²) in [5.41, 5.74) is 0.701. The van der Waals surface area contributed by atoms with Crippen LogP contribution in [0.1, 0.15) is 31.2 Å². The SMILES string of the molecule is COc1ccc(CC(=O)N2CCCCCC2)cc1F. The molecule has 1 heterocycles. The smallest absolute Gasteiger partial charge is 0.226 e. The number of hydrogen-bond donors (Lipinski definition) is 0. The van der Waals surface area contributed by atoms with Crippen LogP contribution >= 0.6 is 0 Å². The fourth-order valence-electron chi connectivity index (χ4n) is 2.43. The predicted molar refractivity (Wildman–Crippen MR) is 71.7 cm³/mol. The third-order valence-corrected chi connectivity index (χ3v) is 3.53. The molecule has 104 valence electrons. The zero-order chi connectivity index (χ0) is 13.7. The molecule has 0 bridgehead atoms. The quantitative estimate of drug-likeness (QED) is 0.841. The van der Waals surface area contributed by atoms with Crippen molar-refractivity contribution in [3.8, 4) is 5.75 Å². The molecule has 0 atom stereocenters. The Hall–Kier alpha value is -1.58. The van der Waals surface area contributed by atoms with Gasteiger partial charge in [0, 0.05) is 13.1 Å². The molecule has 4 heteroatoms. The summed E-state index contributed by atoms with van der Waals surface area (Å²) in [6.07, 6.45) is 4.80. The maximum atomic E-state index is 13.6. The summed E-state index contributed by atoms with van der Waals surface area (Å²) in [7, 11) is 1.43. The van der Waals surface area contributed by atoms with Gasteiger partial charge in [-0.25, -0.2) is 4.39 Å². The summed E-state index contributed by atoms with van der Waals surface area (Å²) < 4.78 is 18.4. The van der Waals surface area contributed by atoms with Gasteiger partial charge in [0.05, 0.1) is 13.5 Å². The molecule has 1 amide bonds. The summed E-state index contributed by atoms with van der Waals surface area (Å²) >= 11 is 0. The first-order chi connectivity index (χ1) is 9.20. The van der Waals surface area contributed by atoms with Crippen LogP contribution in [0.4, 0.5) is 4.39 Å². The van der Waals surface area contributed by atoms with E-state index in [1.165, 1.54) is 26.0 Å². The van der Waals surface area contributed by atoms with Crippen molar-refractivity contribution in [3.05, 3.63) is 29.6 Å². The second-order valence-electron chi connectivity index (χ2n) is 4.94. The highest BCUT2D eigenvalue weighted by Gasteiger charge is 2.16. The molecular weight excluding hydrogens is 245 g/mol. The van der Waals surface area contributed by atoms with Crippen LogP contribution < -0.4 is 4.74 Å². The van der Waals surface area contributed by atoms with Gasteiger partial charge in [0.1, 0.15) is 0 Å². The minimum Gasteiger partial charge on any atom is -0.494 e. The Balaban J connectivity index is 1.99. The Morgan fingerprint density at radius 2 is 1.95 bits per heavy atom. The second kappa shape index (κ2) is 6.55. The van der Waals surface area contributed by atoms with E-state index in [0.29, 0.717) is 5.56 Å². The summed E-state index contributed by atoms with van der Waals surface area (Å²) in [4.78, 5) is 14.1. The van der Waals surface area contributed by atoms with E-state index in [4.69, 9.17) is 4.74 Å². The average Bonchev–Trinajstić information content (AvgIpc) is 2.68. The molecule has 2 rings (SSSR count). The first-order valence-corrected chi connectivity index (χ1v) is 6.81. The Morgan fingerprint density at radius 1 is 1.26 bits per heavy atom. The van der Waals surface area contributed by atoms with Gasteiger partial charge in [0.25, 0.3) is 0 Å². The van der Waals surface area contributed by atoms with Gasteiger partial charge >= 0.3 is 0 Å². The maximum Gasteiger partial charge on any atom is 0.226 e. The highest BCUT2D eigenvalue weighted by molar-refractivity contribution is 5.78. The van der Waals surface area contributed by atoms with Gasteiger partial charge in [0.15, 0.2) is 11.6 Å². The van der Waals surface area contributed by atoms with Gasteiger partial charge in [-0.2, -0.15) is 0 Å². The Bertz CT molecular complexity index is 440. The van der Waals surface area contributed by atoms with E-state index in [-0.39, 0.29) is 18.1 Å². The fourth-order valence-corrected chi connectivity index (χ4v) is 2.43. The number of nitrogens with zero attached hydrogens (tertiary/aromatic N) is 1. The number of benzene rings is 1. The molecule has 1 saturated heterocycles. The van der Waals surface area contributed by atoms with Crippen LogP contribution in [-0.4, -0.2) is 31.0 Å². The van der Waals surface area contributed by atoms with Gasteiger partial charge in [-0.3, -0.25) is 4.79 Å². The first kappa shape index (κ1) is 13.8. The van der Waals surface area contributed by atoms with Gasteiger partial charge in [-0.15, -0.1) is 0 Å². The van der Waals surface area contributed by atoms with E-state index < -0.39 is 5.82 Å². The lowest BCUT2D eigenvalue weighted by Gasteiger charge is -2.20. The van der Waals surface area contributed by atoms with Crippen molar-refractivity contribution in [2.24, 2.45) is 0 Å². The molecule has 1 aliphatic rings. The van der Waals surface area contributed by atoms with E-state index in [0.717, 1.165) is 25.9 Å². The number of likely N-dealkylation sites (tertiary alicyclic amines) is 1. The van der Waals surface area contributed by atoms with Crippen molar-refractivity contribution in [2.45, 2.75) is 32.1 Å². The van der Waals surface area contributed by atoms with E-state index in [1.54, 1.807) is 12.1 Å². The molecule has 0 unspecified atom stereocenters. The van der Waals surface area contributed by atoms with Gasteiger partial charge in [0.2, 0.25) is 5.91 Å². The van der Waals surface area contributed by atoms with Crippen LogP contribution in [0, 0.1) is 5.82 Å². The number of methoxy groups -OCH3 is 1. The van der Waals surface area contributed by atoms with Crippen LogP contribution in [0.3, 0.4) is 0 Å². The highest BCUT2D eigenvalue weighted by atomic mass is 19.1. The number of carbonyl (C=O) groups is 1. The number of halogens is 1. The largest absolute Gasteiger partial charge is 0.494 e.